The van der Waals surface area contributed by atoms with E-state index in [4.69, 9.17) is 26.8 Å². The average molecular weight is 378 g/mol. The van der Waals surface area contributed by atoms with Crippen molar-refractivity contribution in [2.45, 2.75) is 12.7 Å². The largest absolute Gasteiger partial charge is 0.493 e. The van der Waals surface area contributed by atoms with Gasteiger partial charge in [-0.25, -0.2) is 0 Å². The van der Waals surface area contributed by atoms with Gasteiger partial charge < -0.3 is 15.2 Å². The molecule has 0 aliphatic heterocycles. The molecular weight excluding hydrogens is 358 g/mol. The molecule has 0 heterocycles. The van der Waals surface area contributed by atoms with Crippen LogP contribution in [0.25, 0.3) is 0 Å². The lowest BCUT2D eigenvalue weighted by atomic mass is 10.2. The summed E-state index contributed by atoms with van der Waals surface area (Å²) in [5, 5.41) is 8.87. The van der Waals surface area contributed by atoms with Crippen molar-refractivity contribution >= 4 is 34.7 Å². The molecule has 0 amide bonds. The molecule has 5 nitrogen and oxygen atoms in total. The third kappa shape index (κ3) is 5.99. The maximum atomic E-state index is 6.24. The summed E-state index contributed by atoms with van der Waals surface area (Å²) >= 11 is 7.66. The number of hydrogen-bond donors (Lipinski definition) is 1. The predicted molar refractivity (Wildman–Crippen MR) is 106 cm³/mol. The Morgan fingerprint density at radius 3 is 2.68 bits per heavy atom. The van der Waals surface area contributed by atoms with Gasteiger partial charge in [0.05, 0.1) is 25.0 Å². The van der Waals surface area contributed by atoms with Crippen molar-refractivity contribution in [3.05, 3.63) is 58.6 Å². The summed E-state index contributed by atoms with van der Waals surface area (Å²) in [6.45, 7) is 2.42. The molecule has 0 bridgehead atoms. The zero-order chi connectivity index (χ0) is 18.1. The lowest BCUT2D eigenvalue weighted by molar-refractivity contribution is 0.311. The Labute approximate surface area is 156 Å². The summed E-state index contributed by atoms with van der Waals surface area (Å²) in [4.78, 5) is 0. The van der Waals surface area contributed by atoms with Crippen molar-refractivity contribution in [3.8, 4) is 11.5 Å². The third-order valence-corrected chi connectivity index (χ3v) is 4.35. The Kier molecular flexibility index (Phi) is 7.63. The van der Waals surface area contributed by atoms with Crippen LogP contribution in [0.4, 0.5) is 0 Å². The Morgan fingerprint density at radius 2 is 2.00 bits per heavy atom. The summed E-state index contributed by atoms with van der Waals surface area (Å²) in [5.74, 6) is 1.92. The fourth-order valence-corrected chi connectivity index (χ4v) is 2.80. The van der Waals surface area contributed by atoms with Crippen LogP contribution in [-0.2, 0) is 5.75 Å². The van der Waals surface area contributed by atoms with E-state index >= 15 is 0 Å². The summed E-state index contributed by atoms with van der Waals surface area (Å²) in [7, 11) is 1.57. The van der Waals surface area contributed by atoms with Crippen molar-refractivity contribution < 1.29 is 9.47 Å². The Morgan fingerprint density at radius 1 is 1.24 bits per heavy atom. The molecule has 2 rings (SSSR count). The molecule has 0 saturated carbocycles. The van der Waals surface area contributed by atoms with Crippen LogP contribution < -0.4 is 15.2 Å². The SMILES string of the molecule is CCOc1cc(Cl)c(C=NN=C(N)SCc2ccccc2)cc1OC. The summed E-state index contributed by atoms with van der Waals surface area (Å²) < 4.78 is 10.8. The number of benzene rings is 2. The number of halogens is 1. The molecule has 0 saturated heterocycles. The van der Waals surface area contributed by atoms with Crippen LogP contribution >= 0.6 is 23.4 Å². The Hall–Kier alpha value is -2.18. The van der Waals surface area contributed by atoms with Gasteiger partial charge in [-0.2, -0.15) is 5.10 Å². The molecule has 25 heavy (non-hydrogen) atoms. The average Bonchev–Trinajstić information content (AvgIpc) is 2.63. The smallest absolute Gasteiger partial charge is 0.180 e. The molecule has 0 aromatic heterocycles. The number of hydrogen-bond acceptors (Lipinski definition) is 5. The molecule has 0 radical (unpaired) electrons. The van der Waals surface area contributed by atoms with Gasteiger partial charge in [0, 0.05) is 17.4 Å². The second kappa shape index (κ2) is 9.96. The number of amidine groups is 1. The molecule has 2 N–H and O–H groups in total. The van der Waals surface area contributed by atoms with E-state index < -0.39 is 0 Å². The number of ether oxygens (including phenoxy) is 2. The Bertz CT molecular complexity index is 751. The third-order valence-electron chi connectivity index (χ3n) is 3.17. The monoisotopic (exact) mass is 377 g/mol. The molecule has 0 unspecified atom stereocenters. The molecule has 0 fully saturated rings. The highest BCUT2D eigenvalue weighted by molar-refractivity contribution is 8.13. The van der Waals surface area contributed by atoms with Gasteiger partial charge in [-0.3, -0.25) is 0 Å². The van der Waals surface area contributed by atoms with E-state index in [2.05, 4.69) is 10.2 Å². The minimum atomic E-state index is 0.383. The van der Waals surface area contributed by atoms with E-state index in [0.717, 1.165) is 5.75 Å². The molecule has 0 spiro atoms. The molecule has 132 valence electrons. The van der Waals surface area contributed by atoms with E-state index in [1.54, 1.807) is 19.2 Å². The van der Waals surface area contributed by atoms with Gasteiger partial charge >= 0.3 is 0 Å². The van der Waals surface area contributed by atoms with E-state index in [9.17, 15) is 0 Å². The Balaban J connectivity index is 2.02. The van der Waals surface area contributed by atoms with Gasteiger partial charge in [-0.15, -0.1) is 5.10 Å². The molecule has 2 aromatic carbocycles. The van der Waals surface area contributed by atoms with Crippen LogP contribution in [0, 0.1) is 0 Å². The van der Waals surface area contributed by atoms with E-state index in [1.807, 2.05) is 37.3 Å². The summed E-state index contributed by atoms with van der Waals surface area (Å²) in [5.41, 5.74) is 7.71. The van der Waals surface area contributed by atoms with Crippen molar-refractivity contribution in [1.29, 1.82) is 0 Å². The quantitative estimate of drug-likeness (QED) is 0.443. The summed E-state index contributed by atoms with van der Waals surface area (Å²) in [6.07, 6.45) is 1.54. The van der Waals surface area contributed by atoms with E-state index in [1.165, 1.54) is 23.5 Å². The first-order valence-corrected chi connectivity index (χ1v) is 9.04. The fourth-order valence-electron chi connectivity index (χ4n) is 1.99. The first kappa shape index (κ1) is 19.1. The maximum absolute atomic E-state index is 6.24. The molecule has 2 aromatic rings. The van der Waals surface area contributed by atoms with E-state index in [0.29, 0.717) is 33.9 Å². The molecule has 0 atom stereocenters. The minimum Gasteiger partial charge on any atom is -0.493 e. The highest BCUT2D eigenvalue weighted by Gasteiger charge is 2.09. The highest BCUT2D eigenvalue weighted by atomic mass is 35.5. The first-order valence-electron chi connectivity index (χ1n) is 7.67. The van der Waals surface area contributed by atoms with Crippen molar-refractivity contribution in [3.63, 3.8) is 0 Å². The molecule has 0 aliphatic rings. The van der Waals surface area contributed by atoms with Gasteiger partial charge in [-0.05, 0) is 18.6 Å². The van der Waals surface area contributed by atoms with Crippen molar-refractivity contribution in [1.82, 2.24) is 0 Å². The van der Waals surface area contributed by atoms with Gasteiger partial charge in [0.25, 0.3) is 0 Å². The topological polar surface area (TPSA) is 69.2 Å². The van der Waals surface area contributed by atoms with Crippen LogP contribution in [0.2, 0.25) is 5.02 Å². The normalized spacial score (nSPS) is 11.7. The molecule has 7 heteroatoms. The van der Waals surface area contributed by atoms with Crippen molar-refractivity contribution in [2.75, 3.05) is 13.7 Å². The maximum Gasteiger partial charge on any atom is 0.180 e. The van der Waals surface area contributed by atoms with Crippen molar-refractivity contribution in [2.24, 2.45) is 15.9 Å². The van der Waals surface area contributed by atoms with Crippen LogP contribution in [0.15, 0.2) is 52.7 Å². The number of nitrogens with zero attached hydrogens (tertiary/aromatic N) is 2. The second-order valence-corrected chi connectivity index (χ2v) is 6.32. The molecular formula is C18H20ClN3O2S. The standard InChI is InChI=1S/C18H20ClN3O2S/c1-3-24-17-10-15(19)14(9-16(17)23-2)11-21-22-18(20)25-12-13-7-5-4-6-8-13/h4-11H,3,12H2,1-2H3,(H2,20,22). The zero-order valence-electron chi connectivity index (χ0n) is 14.1. The van der Waals surface area contributed by atoms with Crippen LogP contribution in [0.1, 0.15) is 18.1 Å². The van der Waals surface area contributed by atoms with Crippen LogP contribution in [-0.4, -0.2) is 25.1 Å². The van der Waals surface area contributed by atoms with Gasteiger partial charge in [-0.1, -0.05) is 53.7 Å². The minimum absolute atomic E-state index is 0.383. The summed E-state index contributed by atoms with van der Waals surface area (Å²) in [6, 6.07) is 13.5. The fraction of sp³-hybridized carbons (Fsp3) is 0.222. The van der Waals surface area contributed by atoms with E-state index in [-0.39, 0.29) is 0 Å². The van der Waals surface area contributed by atoms with Gasteiger partial charge in [0.15, 0.2) is 16.7 Å². The lowest BCUT2D eigenvalue weighted by Crippen LogP contribution is -2.06. The van der Waals surface area contributed by atoms with Gasteiger partial charge in [0.2, 0.25) is 0 Å². The molecule has 0 aliphatic carbocycles. The number of methoxy groups -OCH3 is 1. The highest BCUT2D eigenvalue weighted by Crippen LogP contribution is 2.32. The lowest BCUT2D eigenvalue weighted by Gasteiger charge is -2.10. The zero-order valence-corrected chi connectivity index (χ0v) is 15.7. The number of thioether (sulfide) groups is 1. The number of rotatable bonds is 7. The predicted octanol–water partition coefficient (Wildman–Crippen LogP) is 4.33. The van der Waals surface area contributed by atoms with Crippen LogP contribution in [0.5, 0.6) is 11.5 Å². The van der Waals surface area contributed by atoms with Crippen LogP contribution in [0.3, 0.4) is 0 Å². The second-order valence-electron chi connectivity index (χ2n) is 4.91. The first-order chi connectivity index (χ1) is 12.1. The van der Waals surface area contributed by atoms with Gasteiger partial charge in [0.1, 0.15) is 0 Å². The number of nitrogens with two attached hydrogens (primary N) is 1.